The van der Waals surface area contributed by atoms with Crippen molar-refractivity contribution >= 4 is 21.7 Å². The Kier molecular flexibility index (Phi) is 9.28. The molecule has 2 aliphatic rings. The normalized spacial score (nSPS) is 18.2. The zero-order chi connectivity index (χ0) is 31.6. The summed E-state index contributed by atoms with van der Waals surface area (Å²) in [6.07, 6.45) is 4.46. The summed E-state index contributed by atoms with van der Waals surface area (Å²) >= 11 is 0. The molecule has 3 aromatic rings. The minimum Gasteiger partial charge on any atom is -0.497 e. The van der Waals surface area contributed by atoms with Crippen molar-refractivity contribution in [2.45, 2.75) is 63.1 Å². The number of piperidine rings is 1. The second kappa shape index (κ2) is 12.8. The topological polar surface area (TPSA) is 106 Å². The van der Waals surface area contributed by atoms with Gasteiger partial charge in [-0.15, -0.1) is 0 Å². The number of sulfonamides is 1. The fourth-order valence-electron chi connectivity index (χ4n) is 6.07. The predicted molar refractivity (Wildman–Crippen MR) is 162 cm³/mol. The van der Waals surface area contributed by atoms with Crippen LogP contribution in [0.3, 0.4) is 0 Å². The molecular formula is C31H39F2N5O5S. The van der Waals surface area contributed by atoms with Crippen LogP contribution in [0.15, 0.2) is 53.7 Å². The molecule has 44 heavy (non-hydrogen) atoms. The maximum Gasteiger partial charge on any atom is 0.272 e. The van der Waals surface area contributed by atoms with Crippen molar-refractivity contribution in [3.8, 4) is 5.75 Å². The lowest BCUT2D eigenvalue weighted by Gasteiger charge is -2.36. The number of methoxy groups -OCH3 is 1. The number of aromatic nitrogens is 2. The van der Waals surface area contributed by atoms with Gasteiger partial charge in [-0.1, -0.05) is 0 Å². The third kappa shape index (κ3) is 6.74. The molecule has 10 nitrogen and oxygen atoms in total. The first-order chi connectivity index (χ1) is 20.9. The number of benzene rings is 1. The van der Waals surface area contributed by atoms with E-state index in [1.807, 2.05) is 27.8 Å². The van der Waals surface area contributed by atoms with Crippen LogP contribution in [0.2, 0.25) is 0 Å². The summed E-state index contributed by atoms with van der Waals surface area (Å²) in [5, 5.41) is 3.01. The maximum atomic E-state index is 14.0. The molecule has 2 aliphatic heterocycles. The lowest BCUT2D eigenvalue weighted by Crippen LogP contribution is -2.46. The molecule has 1 fully saturated rings. The van der Waals surface area contributed by atoms with Crippen LogP contribution >= 0.6 is 0 Å². The largest absolute Gasteiger partial charge is 0.497 e. The van der Waals surface area contributed by atoms with Gasteiger partial charge in [-0.3, -0.25) is 4.79 Å². The standard InChI is InChI=1S/C31H39F2N5O5S/c1-21-16-25(42-4)17-22(2)30(21)44(40,41)38-15-14-36-11-5-6-26(36)27(38)19-43-20-29(39)35-24-9-12-37(13-10-24)28-8-7-23(18-34-28)31(3,32)33/h5-8,11,16-18,24,27H,9-10,12-15,19-20H2,1-4H3,(H,35,39). The number of nitrogens with zero attached hydrogens (tertiary/aromatic N) is 4. The predicted octanol–water partition coefficient (Wildman–Crippen LogP) is 4.17. The number of anilines is 1. The molecule has 0 aliphatic carbocycles. The molecule has 5 rings (SSSR count). The van der Waals surface area contributed by atoms with Crippen molar-refractivity contribution in [2.24, 2.45) is 0 Å². The molecule has 1 N–H and O–H groups in total. The van der Waals surface area contributed by atoms with Crippen molar-refractivity contribution < 1.29 is 31.5 Å². The van der Waals surface area contributed by atoms with E-state index in [0.29, 0.717) is 55.2 Å². The second-order valence-corrected chi connectivity index (χ2v) is 13.3. The molecular weight excluding hydrogens is 592 g/mol. The summed E-state index contributed by atoms with van der Waals surface area (Å²) in [7, 11) is -2.35. The van der Waals surface area contributed by atoms with Gasteiger partial charge < -0.3 is 24.3 Å². The number of pyridine rings is 1. The minimum absolute atomic E-state index is 0.0157. The number of alkyl halides is 2. The summed E-state index contributed by atoms with van der Waals surface area (Å²) in [6.45, 7) is 6.19. The van der Waals surface area contributed by atoms with Gasteiger partial charge in [0.25, 0.3) is 5.92 Å². The average molecular weight is 632 g/mol. The number of ether oxygens (including phenoxy) is 2. The van der Waals surface area contributed by atoms with Crippen LogP contribution in [-0.2, 0) is 32.0 Å². The van der Waals surface area contributed by atoms with Crippen LogP contribution in [0.25, 0.3) is 0 Å². The Bertz CT molecular complexity index is 1560. The van der Waals surface area contributed by atoms with Crippen LogP contribution in [0, 0.1) is 13.8 Å². The first kappa shape index (κ1) is 31.9. The van der Waals surface area contributed by atoms with Crippen molar-refractivity contribution in [3.63, 3.8) is 0 Å². The maximum absolute atomic E-state index is 14.0. The molecule has 4 heterocycles. The van der Waals surface area contributed by atoms with Gasteiger partial charge in [0.15, 0.2) is 0 Å². The van der Waals surface area contributed by atoms with Crippen molar-refractivity contribution in [3.05, 3.63) is 71.2 Å². The van der Waals surface area contributed by atoms with E-state index in [9.17, 15) is 22.0 Å². The summed E-state index contributed by atoms with van der Waals surface area (Å²) in [5.41, 5.74) is 1.88. The van der Waals surface area contributed by atoms with Crippen LogP contribution in [0.5, 0.6) is 5.75 Å². The van der Waals surface area contributed by atoms with E-state index in [2.05, 4.69) is 10.3 Å². The monoisotopic (exact) mass is 631 g/mol. The molecule has 1 atom stereocenters. The number of hydrogen-bond acceptors (Lipinski definition) is 7. The molecule has 0 radical (unpaired) electrons. The molecule has 1 aromatic carbocycles. The third-order valence-electron chi connectivity index (χ3n) is 8.30. The quantitative estimate of drug-likeness (QED) is 0.358. The number of halogens is 2. The zero-order valence-corrected chi connectivity index (χ0v) is 26.2. The number of hydrogen-bond donors (Lipinski definition) is 1. The number of carbonyl (C=O) groups is 1. The van der Waals surface area contributed by atoms with Crippen LogP contribution in [0.4, 0.5) is 14.6 Å². The van der Waals surface area contributed by atoms with Crippen LogP contribution in [0.1, 0.15) is 48.2 Å². The number of rotatable bonds is 10. The Hall–Kier alpha value is -3.55. The smallest absolute Gasteiger partial charge is 0.272 e. The van der Waals surface area contributed by atoms with Gasteiger partial charge in [0.05, 0.1) is 24.7 Å². The van der Waals surface area contributed by atoms with E-state index in [0.717, 1.165) is 12.6 Å². The second-order valence-electron chi connectivity index (χ2n) is 11.5. The SMILES string of the molecule is COc1cc(C)c(S(=O)(=O)N2CCn3cccc3C2COCC(=O)NC2CCN(c3ccc(C(C)(F)F)cn3)CC2)c(C)c1. The zero-order valence-electron chi connectivity index (χ0n) is 25.4. The summed E-state index contributed by atoms with van der Waals surface area (Å²) in [5.74, 6) is -1.99. The minimum atomic E-state index is -3.89. The van der Waals surface area contributed by atoms with E-state index < -0.39 is 22.0 Å². The summed E-state index contributed by atoms with van der Waals surface area (Å²) < 4.78 is 69.7. The number of amides is 1. The lowest BCUT2D eigenvalue weighted by molar-refractivity contribution is -0.127. The number of fused-ring (bicyclic) bond motifs is 1. The van der Waals surface area contributed by atoms with E-state index in [1.165, 1.54) is 16.6 Å². The van der Waals surface area contributed by atoms with Gasteiger partial charge in [-0.2, -0.15) is 4.31 Å². The molecule has 0 saturated carbocycles. The van der Waals surface area contributed by atoms with Gasteiger partial charge in [0, 0.05) is 62.8 Å². The Morgan fingerprint density at radius 1 is 1.09 bits per heavy atom. The number of aryl methyl sites for hydroxylation is 2. The van der Waals surface area contributed by atoms with Gasteiger partial charge in [-0.05, 0) is 74.2 Å². The Morgan fingerprint density at radius 2 is 1.80 bits per heavy atom. The van der Waals surface area contributed by atoms with E-state index in [1.54, 1.807) is 39.2 Å². The highest BCUT2D eigenvalue weighted by molar-refractivity contribution is 7.89. The lowest BCUT2D eigenvalue weighted by atomic mass is 10.0. The third-order valence-corrected chi connectivity index (χ3v) is 10.5. The molecule has 13 heteroatoms. The van der Waals surface area contributed by atoms with Gasteiger partial charge in [0.2, 0.25) is 15.9 Å². The highest BCUT2D eigenvalue weighted by Crippen LogP contribution is 2.35. The van der Waals surface area contributed by atoms with Crippen molar-refractivity contribution in [1.29, 1.82) is 0 Å². The van der Waals surface area contributed by atoms with Crippen molar-refractivity contribution in [1.82, 2.24) is 19.2 Å². The highest BCUT2D eigenvalue weighted by atomic mass is 32.2. The molecule has 1 unspecified atom stereocenters. The average Bonchev–Trinajstić information content (AvgIpc) is 3.46. The van der Waals surface area contributed by atoms with Gasteiger partial charge in [0.1, 0.15) is 18.2 Å². The van der Waals surface area contributed by atoms with Crippen LogP contribution in [-0.4, -0.2) is 74.2 Å². The summed E-state index contributed by atoms with van der Waals surface area (Å²) in [6, 6.07) is 9.51. The molecule has 0 bridgehead atoms. The van der Waals surface area contributed by atoms with Gasteiger partial charge >= 0.3 is 0 Å². The molecule has 0 spiro atoms. The van der Waals surface area contributed by atoms with Crippen molar-refractivity contribution in [2.75, 3.05) is 44.9 Å². The fourth-order valence-corrected chi connectivity index (χ4v) is 8.06. The Morgan fingerprint density at radius 3 is 2.41 bits per heavy atom. The van der Waals surface area contributed by atoms with E-state index >= 15 is 0 Å². The fraction of sp³-hybridized carbons (Fsp3) is 0.484. The molecule has 238 valence electrons. The Balaban J connectivity index is 1.18. The first-order valence-electron chi connectivity index (χ1n) is 14.7. The first-order valence-corrected chi connectivity index (χ1v) is 16.1. The molecule has 2 aromatic heterocycles. The van der Waals surface area contributed by atoms with Gasteiger partial charge in [-0.25, -0.2) is 22.2 Å². The van der Waals surface area contributed by atoms with E-state index in [-0.39, 0.29) is 42.2 Å². The molecule has 1 amide bonds. The highest BCUT2D eigenvalue weighted by Gasteiger charge is 2.38. The summed E-state index contributed by atoms with van der Waals surface area (Å²) in [4.78, 5) is 19.3. The van der Waals surface area contributed by atoms with E-state index in [4.69, 9.17) is 9.47 Å². The number of nitrogens with one attached hydrogen (secondary N) is 1. The Labute approximate surface area is 257 Å². The number of carbonyl (C=O) groups excluding carboxylic acids is 1. The van der Waals surface area contributed by atoms with Crippen LogP contribution < -0.4 is 15.0 Å². The molecule has 1 saturated heterocycles.